The fourth-order valence-corrected chi connectivity index (χ4v) is 5.67. The number of halogens is 2. The molecule has 2 fully saturated rings. The Morgan fingerprint density at radius 3 is 2.73 bits per heavy atom. The minimum absolute atomic E-state index is 0.00207. The zero-order valence-electron chi connectivity index (χ0n) is 11.5. The van der Waals surface area contributed by atoms with Gasteiger partial charge in [-0.2, -0.15) is 0 Å². The van der Waals surface area contributed by atoms with Crippen LogP contribution < -0.4 is 11.1 Å². The van der Waals surface area contributed by atoms with Crippen molar-refractivity contribution in [2.45, 2.75) is 11.3 Å². The molecule has 0 aromatic heterocycles. The van der Waals surface area contributed by atoms with Gasteiger partial charge >= 0.3 is 6.03 Å². The standard InChI is InChI=1S/C13H15Cl2N3O3S/c14-8-2-1-3-10(12(8)15)17-13(19)18-4-7-9(16)6-22(20,21)11(7)5-18/h1-3,7,9,11H,4-6,16H2,(H,17,19)/t7-,9+,11-/m0/s1. The summed E-state index contributed by atoms with van der Waals surface area (Å²) in [5.41, 5.74) is 6.27. The van der Waals surface area contributed by atoms with Crippen molar-refractivity contribution in [2.75, 3.05) is 24.2 Å². The molecular weight excluding hydrogens is 349 g/mol. The van der Waals surface area contributed by atoms with Crippen molar-refractivity contribution < 1.29 is 13.2 Å². The third-order valence-electron chi connectivity index (χ3n) is 4.23. The third-order valence-corrected chi connectivity index (χ3v) is 7.32. The number of hydrogen-bond acceptors (Lipinski definition) is 4. The molecule has 3 rings (SSSR count). The van der Waals surface area contributed by atoms with E-state index in [9.17, 15) is 13.2 Å². The summed E-state index contributed by atoms with van der Waals surface area (Å²) in [5, 5.41) is 2.68. The van der Waals surface area contributed by atoms with Crippen molar-refractivity contribution in [2.24, 2.45) is 11.7 Å². The largest absolute Gasteiger partial charge is 0.326 e. The number of carbonyl (C=O) groups excluding carboxylic acids is 1. The van der Waals surface area contributed by atoms with E-state index in [0.717, 1.165) is 0 Å². The Morgan fingerprint density at radius 1 is 1.32 bits per heavy atom. The fourth-order valence-electron chi connectivity index (χ4n) is 3.07. The number of fused-ring (bicyclic) bond motifs is 1. The number of nitrogens with zero attached hydrogens (tertiary/aromatic N) is 1. The number of hydrogen-bond donors (Lipinski definition) is 2. The van der Waals surface area contributed by atoms with Crippen LogP contribution in [0, 0.1) is 5.92 Å². The summed E-state index contributed by atoms with van der Waals surface area (Å²) in [6.45, 7) is 0.486. The van der Waals surface area contributed by atoms with Gasteiger partial charge in [-0.1, -0.05) is 29.3 Å². The van der Waals surface area contributed by atoms with E-state index in [4.69, 9.17) is 28.9 Å². The summed E-state index contributed by atoms with van der Waals surface area (Å²) in [4.78, 5) is 13.8. The molecule has 120 valence electrons. The van der Waals surface area contributed by atoms with Crippen LogP contribution in [-0.4, -0.2) is 49.5 Å². The molecule has 2 amide bonds. The van der Waals surface area contributed by atoms with Crippen molar-refractivity contribution in [1.29, 1.82) is 0 Å². The first-order valence-electron chi connectivity index (χ1n) is 6.76. The normalized spacial score (nSPS) is 29.4. The van der Waals surface area contributed by atoms with Crippen molar-refractivity contribution >= 4 is 44.8 Å². The molecule has 2 heterocycles. The average Bonchev–Trinajstić information content (AvgIpc) is 2.96. The first-order chi connectivity index (χ1) is 10.3. The van der Waals surface area contributed by atoms with Crippen LogP contribution in [0.25, 0.3) is 0 Å². The van der Waals surface area contributed by atoms with E-state index in [-0.39, 0.29) is 23.2 Å². The third kappa shape index (κ3) is 2.67. The number of urea groups is 1. The highest BCUT2D eigenvalue weighted by molar-refractivity contribution is 7.92. The Morgan fingerprint density at radius 2 is 2.05 bits per heavy atom. The predicted molar refractivity (Wildman–Crippen MR) is 86.1 cm³/mol. The molecule has 2 aliphatic rings. The highest BCUT2D eigenvalue weighted by Crippen LogP contribution is 2.34. The average molecular weight is 364 g/mol. The van der Waals surface area contributed by atoms with Gasteiger partial charge in [0.25, 0.3) is 0 Å². The van der Waals surface area contributed by atoms with Gasteiger partial charge in [0.2, 0.25) is 0 Å². The van der Waals surface area contributed by atoms with Gasteiger partial charge in [-0.05, 0) is 12.1 Å². The van der Waals surface area contributed by atoms with Crippen LogP contribution in [0.15, 0.2) is 18.2 Å². The zero-order chi connectivity index (χ0) is 16.1. The number of sulfone groups is 1. The lowest BCUT2D eigenvalue weighted by molar-refractivity contribution is 0.220. The Kier molecular flexibility index (Phi) is 4.01. The first-order valence-corrected chi connectivity index (χ1v) is 9.24. The molecule has 0 bridgehead atoms. The number of rotatable bonds is 1. The maximum atomic E-state index is 12.3. The van der Waals surface area contributed by atoms with Gasteiger partial charge in [-0.25, -0.2) is 13.2 Å². The first kappa shape index (κ1) is 15.9. The Bertz CT molecular complexity index is 725. The number of anilines is 1. The number of carbonyl (C=O) groups is 1. The van der Waals surface area contributed by atoms with Crippen LogP contribution in [0.4, 0.5) is 10.5 Å². The topological polar surface area (TPSA) is 92.5 Å². The summed E-state index contributed by atoms with van der Waals surface area (Å²) >= 11 is 11.9. The summed E-state index contributed by atoms with van der Waals surface area (Å²) in [6, 6.07) is 4.10. The van der Waals surface area contributed by atoms with Gasteiger partial charge in [0.1, 0.15) is 0 Å². The molecule has 0 saturated carbocycles. The highest BCUT2D eigenvalue weighted by Gasteiger charge is 2.51. The quantitative estimate of drug-likeness (QED) is 0.791. The second-order valence-corrected chi connectivity index (χ2v) is 8.68. The van der Waals surface area contributed by atoms with E-state index >= 15 is 0 Å². The van der Waals surface area contributed by atoms with Crippen LogP contribution in [-0.2, 0) is 9.84 Å². The van der Waals surface area contributed by atoms with Gasteiger partial charge in [-0.3, -0.25) is 0 Å². The van der Waals surface area contributed by atoms with Crippen molar-refractivity contribution in [3.05, 3.63) is 28.2 Å². The second-order valence-electron chi connectivity index (χ2n) is 5.63. The van der Waals surface area contributed by atoms with Crippen LogP contribution >= 0.6 is 23.2 Å². The Balaban J connectivity index is 1.74. The summed E-state index contributed by atoms with van der Waals surface area (Å²) in [6.07, 6.45) is 0. The van der Waals surface area contributed by atoms with E-state index in [1.165, 1.54) is 4.90 Å². The van der Waals surface area contributed by atoms with Gasteiger partial charge in [0.15, 0.2) is 9.84 Å². The maximum absolute atomic E-state index is 12.3. The van der Waals surface area contributed by atoms with Crippen molar-refractivity contribution in [1.82, 2.24) is 4.90 Å². The van der Waals surface area contributed by atoms with Crippen LogP contribution in [0.1, 0.15) is 0 Å². The monoisotopic (exact) mass is 363 g/mol. The summed E-state index contributed by atoms with van der Waals surface area (Å²) in [7, 11) is -3.22. The molecule has 2 aliphatic heterocycles. The molecule has 1 aromatic carbocycles. The molecule has 22 heavy (non-hydrogen) atoms. The molecule has 1 aromatic rings. The number of likely N-dealkylation sites (tertiary alicyclic amines) is 1. The molecule has 0 spiro atoms. The smallest absolute Gasteiger partial charge is 0.321 e. The van der Waals surface area contributed by atoms with Crippen LogP contribution in [0.3, 0.4) is 0 Å². The van der Waals surface area contributed by atoms with E-state index in [1.54, 1.807) is 18.2 Å². The minimum atomic E-state index is -3.22. The van der Waals surface area contributed by atoms with Gasteiger partial charge in [-0.15, -0.1) is 0 Å². The van der Waals surface area contributed by atoms with E-state index in [0.29, 0.717) is 17.3 Å². The van der Waals surface area contributed by atoms with Gasteiger partial charge in [0.05, 0.1) is 26.7 Å². The SMILES string of the molecule is N[C@@H]1CS(=O)(=O)[C@H]2CN(C(=O)Nc3cccc(Cl)c3Cl)C[C@@H]12. The lowest BCUT2D eigenvalue weighted by Crippen LogP contribution is -2.38. The predicted octanol–water partition coefficient (Wildman–Crippen LogP) is 1.58. The fraction of sp³-hybridized carbons (Fsp3) is 0.462. The lowest BCUT2D eigenvalue weighted by Gasteiger charge is -2.19. The van der Waals surface area contributed by atoms with E-state index < -0.39 is 27.2 Å². The Labute approximate surface area is 138 Å². The molecule has 9 heteroatoms. The van der Waals surface area contributed by atoms with E-state index in [2.05, 4.69) is 5.32 Å². The van der Waals surface area contributed by atoms with Crippen molar-refractivity contribution in [3.8, 4) is 0 Å². The van der Waals surface area contributed by atoms with Crippen LogP contribution in [0.5, 0.6) is 0 Å². The van der Waals surface area contributed by atoms with Gasteiger partial charge < -0.3 is 16.0 Å². The molecule has 6 nitrogen and oxygen atoms in total. The molecular formula is C13H15Cl2N3O3S. The minimum Gasteiger partial charge on any atom is -0.326 e. The molecule has 3 N–H and O–H groups in total. The molecule has 0 radical (unpaired) electrons. The second kappa shape index (κ2) is 5.56. The lowest BCUT2D eigenvalue weighted by atomic mass is 10.0. The molecule has 3 atom stereocenters. The number of nitrogens with one attached hydrogen (secondary N) is 1. The summed E-state index contributed by atoms with van der Waals surface area (Å²) < 4.78 is 24.0. The highest BCUT2D eigenvalue weighted by atomic mass is 35.5. The zero-order valence-corrected chi connectivity index (χ0v) is 13.8. The molecule has 0 unspecified atom stereocenters. The molecule has 2 saturated heterocycles. The van der Waals surface area contributed by atoms with E-state index in [1.807, 2.05) is 0 Å². The van der Waals surface area contributed by atoms with Crippen LogP contribution in [0.2, 0.25) is 10.0 Å². The van der Waals surface area contributed by atoms with Crippen molar-refractivity contribution in [3.63, 3.8) is 0 Å². The number of benzene rings is 1. The molecule has 0 aliphatic carbocycles. The number of amides is 2. The summed E-state index contributed by atoms with van der Waals surface area (Å²) in [5.74, 6) is -0.205. The maximum Gasteiger partial charge on any atom is 0.321 e. The number of nitrogens with two attached hydrogens (primary N) is 1. The van der Waals surface area contributed by atoms with Gasteiger partial charge in [0, 0.05) is 25.0 Å². The Hall–Kier alpha value is -1.02.